The van der Waals surface area contributed by atoms with Crippen LogP contribution in [0.15, 0.2) is 48.2 Å². The van der Waals surface area contributed by atoms with Gasteiger partial charge in [0.2, 0.25) is 0 Å². The summed E-state index contributed by atoms with van der Waals surface area (Å²) in [5.41, 5.74) is 0.769. The Morgan fingerprint density at radius 2 is 1.79 bits per heavy atom. The highest BCUT2D eigenvalue weighted by atomic mass is 35.5. The normalized spacial score (nSPS) is 16.0. The molecule has 2 aromatic rings. The number of amides is 3. The fourth-order valence-corrected chi connectivity index (χ4v) is 2.62. The second kappa shape index (κ2) is 6.63. The summed E-state index contributed by atoms with van der Waals surface area (Å²) in [6.07, 6.45) is 1.24. The SMILES string of the molecule is O=C1N/C(=C/c2c(F)cccc2Cl)C(=O)N1Cc1ccc(Cl)cc1. The van der Waals surface area contributed by atoms with Crippen molar-refractivity contribution in [3.63, 3.8) is 0 Å². The summed E-state index contributed by atoms with van der Waals surface area (Å²) in [4.78, 5) is 25.5. The Morgan fingerprint density at radius 1 is 1.08 bits per heavy atom. The van der Waals surface area contributed by atoms with E-state index in [1.54, 1.807) is 24.3 Å². The Morgan fingerprint density at radius 3 is 2.46 bits per heavy atom. The smallest absolute Gasteiger partial charge is 0.303 e. The van der Waals surface area contributed by atoms with E-state index in [9.17, 15) is 14.0 Å². The molecule has 122 valence electrons. The number of imide groups is 1. The highest BCUT2D eigenvalue weighted by molar-refractivity contribution is 6.32. The number of nitrogens with zero attached hydrogens (tertiary/aromatic N) is 1. The molecule has 1 N–H and O–H groups in total. The van der Waals surface area contributed by atoms with E-state index in [2.05, 4.69) is 5.32 Å². The van der Waals surface area contributed by atoms with Crippen molar-refractivity contribution in [3.8, 4) is 0 Å². The lowest BCUT2D eigenvalue weighted by Crippen LogP contribution is -2.30. The maximum Gasteiger partial charge on any atom is 0.329 e. The lowest BCUT2D eigenvalue weighted by molar-refractivity contribution is -0.123. The average Bonchev–Trinajstić information content (AvgIpc) is 2.80. The third kappa shape index (κ3) is 3.27. The molecular weight excluding hydrogens is 354 g/mol. The van der Waals surface area contributed by atoms with Gasteiger partial charge in [0.25, 0.3) is 5.91 Å². The zero-order valence-corrected chi connectivity index (χ0v) is 13.7. The summed E-state index contributed by atoms with van der Waals surface area (Å²) in [6.45, 7) is 0.0875. The second-order valence-corrected chi connectivity index (χ2v) is 5.98. The molecule has 1 aliphatic rings. The van der Waals surface area contributed by atoms with Gasteiger partial charge in [-0.05, 0) is 35.9 Å². The zero-order valence-electron chi connectivity index (χ0n) is 12.2. The van der Waals surface area contributed by atoms with E-state index in [1.165, 1.54) is 24.3 Å². The van der Waals surface area contributed by atoms with Crippen LogP contribution in [0.2, 0.25) is 10.0 Å². The summed E-state index contributed by atoms with van der Waals surface area (Å²) in [5.74, 6) is -1.12. The Hall–Kier alpha value is -2.37. The van der Waals surface area contributed by atoms with Crippen LogP contribution in [0.25, 0.3) is 6.08 Å². The number of urea groups is 1. The van der Waals surface area contributed by atoms with Gasteiger partial charge in [-0.2, -0.15) is 0 Å². The summed E-state index contributed by atoms with van der Waals surface area (Å²) in [7, 11) is 0. The van der Waals surface area contributed by atoms with Gasteiger partial charge in [-0.3, -0.25) is 9.69 Å². The molecule has 0 saturated carbocycles. The van der Waals surface area contributed by atoms with Crippen LogP contribution in [-0.2, 0) is 11.3 Å². The highest BCUT2D eigenvalue weighted by Crippen LogP contribution is 2.24. The first-order valence-corrected chi connectivity index (χ1v) is 7.74. The Balaban J connectivity index is 1.86. The molecule has 1 saturated heterocycles. The molecule has 0 aliphatic carbocycles. The van der Waals surface area contributed by atoms with Crippen LogP contribution in [0.5, 0.6) is 0 Å². The number of rotatable bonds is 3. The quantitative estimate of drug-likeness (QED) is 0.654. The molecule has 1 fully saturated rings. The molecule has 7 heteroatoms. The average molecular weight is 365 g/mol. The largest absolute Gasteiger partial charge is 0.329 e. The molecule has 1 aliphatic heterocycles. The van der Waals surface area contributed by atoms with Gasteiger partial charge in [0.1, 0.15) is 11.5 Å². The number of carbonyl (C=O) groups excluding carboxylic acids is 2. The van der Waals surface area contributed by atoms with E-state index in [-0.39, 0.29) is 22.8 Å². The molecule has 3 amide bonds. The predicted octanol–water partition coefficient (Wildman–Crippen LogP) is 4.23. The first kappa shape index (κ1) is 16.5. The van der Waals surface area contributed by atoms with Crippen LogP contribution in [0.4, 0.5) is 9.18 Å². The lowest BCUT2D eigenvalue weighted by atomic mass is 10.1. The summed E-state index contributed by atoms with van der Waals surface area (Å²) in [5, 5.41) is 3.15. The molecular formula is C17H11Cl2FN2O2. The molecule has 0 spiro atoms. The summed E-state index contributed by atoms with van der Waals surface area (Å²) >= 11 is 11.8. The number of halogens is 3. The minimum Gasteiger partial charge on any atom is -0.303 e. The molecule has 0 atom stereocenters. The maximum absolute atomic E-state index is 13.8. The van der Waals surface area contributed by atoms with Crippen LogP contribution in [0, 0.1) is 5.82 Å². The molecule has 3 rings (SSSR count). The van der Waals surface area contributed by atoms with E-state index in [4.69, 9.17) is 23.2 Å². The monoisotopic (exact) mass is 364 g/mol. The molecule has 2 aromatic carbocycles. The number of hydrogen-bond donors (Lipinski definition) is 1. The van der Waals surface area contributed by atoms with E-state index >= 15 is 0 Å². The third-order valence-corrected chi connectivity index (χ3v) is 4.09. The molecule has 0 unspecified atom stereocenters. The van der Waals surface area contributed by atoms with Crippen molar-refractivity contribution >= 4 is 41.2 Å². The fraction of sp³-hybridized carbons (Fsp3) is 0.0588. The number of nitrogens with one attached hydrogen (secondary N) is 1. The third-order valence-electron chi connectivity index (χ3n) is 3.50. The van der Waals surface area contributed by atoms with Crippen LogP contribution in [0.1, 0.15) is 11.1 Å². The van der Waals surface area contributed by atoms with Crippen LogP contribution >= 0.6 is 23.2 Å². The topological polar surface area (TPSA) is 49.4 Å². The minimum atomic E-state index is -0.576. The van der Waals surface area contributed by atoms with Gasteiger partial charge in [-0.15, -0.1) is 0 Å². The van der Waals surface area contributed by atoms with Crippen molar-refractivity contribution in [1.82, 2.24) is 10.2 Å². The Bertz CT molecular complexity index is 830. The number of hydrogen-bond acceptors (Lipinski definition) is 2. The molecule has 4 nitrogen and oxygen atoms in total. The summed E-state index contributed by atoms with van der Waals surface area (Å²) < 4.78 is 13.8. The van der Waals surface area contributed by atoms with Gasteiger partial charge in [0.15, 0.2) is 0 Å². The lowest BCUT2D eigenvalue weighted by Gasteiger charge is -2.11. The van der Waals surface area contributed by atoms with Gasteiger partial charge >= 0.3 is 6.03 Å². The predicted molar refractivity (Wildman–Crippen MR) is 89.9 cm³/mol. The zero-order chi connectivity index (χ0) is 17.3. The van der Waals surface area contributed by atoms with Gasteiger partial charge in [0, 0.05) is 10.6 Å². The molecule has 0 aromatic heterocycles. The first-order valence-electron chi connectivity index (χ1n) is 6.98. The Kier molecular flexibility index (Phi) is 4.55. The van der Waals surface area contributed by atoms with Gasteiger partial charge < -0.3 is 5.32 Å². The second-order valence-electron chi connectivity index (χ2n) is 5.14. The van der Waals surface area contributed by atoms with Crippen molar-refractivity contribution in [2.75, 3.05) is 0 Å². The van der Waals surface area contributed by atoms with E-state index in [1.807, 2.05) is 0 Å². The van der Waals surface area contributed by atoms with Gasteiger partial charge in [0.05, 0.1) is 11.6 Å². The van der Waals surface area contributed by atoms with Crippen molar-refractivity contribution in [1.29, 1.82) is 0 Å². The van der Waals surface area contributed by atoms with Crippen LogP contribution < -0.4 is 5.32 Å². The first-order chi connectivity index (χ1) is 11.5. The van der Waals surface area contributed by atoms with Crippen molar-refractivity contribution in [2.24, 2.45) is 0 Å². The van der Waals surface area contributed by atoms with Crippen LogP contribution in [-0.4, -0.2) is 16.8 Å². The highest BCUT2D eigenvalue weighted by Gasteiger charge is 2.33. The Labute approximate surface area is 147 Å². The number of carbonyl (C=O) groups is 2. The van der Waals surface area contributed by atoms with Gasteiger partial charge in [-0.1, -0.05) is 41.4 Å². The van der Waals surface area contributed by atoms with E-state index in [0.717, 1.165) is 10.5 Å². The summed E-state index contributed by atoms with van der Waals surface area (Å²) in [6, 6.07) is 10.4. The molecule has 0 bridgehead atoms. The van der Waals surface area contributed by atoms with Crippen molar-refractivity contribution in [2.45, 2.75) is 6.54 Å². The van der Waals surface area contributed by atoms with Gasteiger partial charge in [-0.25, -0.2) is 9.18 Å². The molecule has 1 heterocycles. The molecule has 24 heavy (non-hydrogen) atoms. The maximum atomic E-state index is 13.8. The van der Waals surface area contributed by atoms with Crippen LogP contribution in [0.3, 0.4) is 0 Å². The van der Waals surface area contributed by atoms with Crippen molar-refractivity contribution in [3.05, 3.63) is 75.2 Å². The minimum absolute atomic E-state index is 0.0269. The van der Waals surface area contributed by atoms with E-state index < -0.39 is 17.8 Å². The number of benzene rings is 2. The fourth-order valence-electron chi connectivity index (χ4n) is 2.28. The molecule has 0 radical (unpaired) electrons. The standard InChI is InChI=1S/C17H11Cl2FN2O2/c18-11-6-4-10(5-7-11)9-22-16(23)15(21-17(22)24)8-12-13(19)2-1-3-14(12)20/h1-8H,9H2,(H,21,24)/b15-8+. The van der Waals surface area contributed by atoms with E-state index in [0.29, 0.717) is 5.02 Å². The van der Waals surface area contributed by atoms with Crippen molar-refractivity contribution < 1.29 is 14.0 Å².